The van der Waals surface area contributed by atoms with E-state index in [0.29, 0.717) is 12.0 Å². The molecule has 2 rings (SSSR count). The lowest BCUT2D eigenvalue weighted by atomic mass is 10.0. The largest absolute Gasteiger partial charge is 0.464 e. The number of nitrogens with one attached hydrogen (secondary N) is 2. The van der Waals surface area contributed by atoms with Crippen LogP contribution in [0.25, 0.3) is 10.9 Å². The topological polar surface area (TPSA) is 95.0 Å². The van der Waals surface area contributed by atoms with E-state index < -0.39 is 12.0 Å². The predicted octanol–water partition coefficient (Wildman–Crippen LogP) is 1.26. The number of hydrogen-bond acceptors (Lipinski definition) is 4. The molecule has 2 N–H and O–H groups in total. The lowest BCUT2D eigenvalue weighted by Gasteiger charge is -2.14. The second-order valence-electron chi connectivity index (χ2n) is 4.45. The number of nitriles is 1. The number of benzene rings is 1. The second-order valence-corrected chi connectivity index (χ2v) is 4.45. The zero-order valence-electron chi connectivity index (χ0n) is 11.6. The highest BCUT2D eigenvalue weighted by Gasteiger charge is 2.21. The zero-order chi connectivity index (χ0) is 15.2. The molecule has 0 fully saturated rings. The van der Waals surface area contributed by atoms with Crippen molar-refractivity contribution in [3.63, 3.8) is 0 Å². The Hall–Kier alpha value is -2.81. The van der Waals surface area contributed by atoms with Crippen LogP contribution in [-0.2, 0) is 20.7 Å². The van der Waals surface area contributed by atoms with Crippen LogP contribution < -0.4 is 5.32 Å². The standard InChI is InChI=1S/C15H15N3O3/c1-2-21-15(20)13(18-9-19)6-11-8-17-12-5-3-4-10(7-16)14(11)12/h3-5,8-9,13,17H,2,6H2,1H3,(H,18,19)/t13-/m0/s1. The van der Waals surface area contributed by atoms with E-state index >= 15 is 0 Å². The van der Waals surface area contributed by atoms with Crippen LogP contribution in [-0.4, -0.2) is 30.0 Å². The molecule has 108 valence electrons. The average molecular weight is 285 g/mol. The first-order chi connectivity index (χ1) is 10.2. The van der Waals surface area contributed by atoms with Gasteiger partial charge in [-0.05, 0) is 24.6 Å². The Morgan fingerprint density at radius 3 is 3.05 bits per heavy atom. The van der Waals surface area contributed by atoms with Crippen LogP contribution >= 0.6 is 0 Å². The maximum atomic E-state index is 11.8. The van der Waals surface area contributed by atoms with Gasteiger partial charge in [-0.15, -0.1) is 0 Å². The van der Waals surface area contributed by atoms with E-state index in [0.717, 1.165) is 16.5 Å². The summed E-state index contributed by atoms with van der Waals surface area (Å²) in [5.74, 6) is -0.492. The highest BCUT2D eigenvalue weighted by Crippen LogP contribution is 2.23. The van der Waals surface area contributed by atoms with Crippen LogP contribution in [0.3, 0.4) is 0 Å². The van der Waals surface area contributed by atoms with Gasteiger partial charge >= 0.3 is 5.97 Å². The molecule has 0 unspecified atom stereocenters. The monoisotopic (exact) mass is 285 g/mol. The second kappa shape index (κ2) is 6.57. The highest BCUT2D eigenvalue weighted by molar-refractivity contribution is 5.89. The molecule has 0 saturated carbocycles. The summed E-state index contributed by atoms with van der Waals surface area (Å²) in [6, 6.07) is 6.71. The zero-order valence-corrected chi connectivity index (χ0v) is 11.6. The summed E-state index contributed by atoms with van der Waals surface area (Å²) in [6.07, 6.45) is 2.47. The van der Waals surface area contributed by atoms with Crippen molar-refractivity contribution in [1.29, 1.82) is 5.26 Å². The fourth-order valence-corrected chi connectivity index (χ4v) is 2.26. The Balaban J connectivity index is 2.35. The molecule has 0 saturated heterocycles. The van der Waals surface area contributed by atoms with Gasteiger partial charge in [-0.3, -0.25) is 4.79 Å². The van der Waals surface area contributed by atoms with Crippen molar-refractivity contribution in [3.8, 4) is 6.07 Å². The molecule has 0 aliphatic carbocycles. The lowest BCUT2D eigenvalue weighted by molar-refractivity contribution is -0.146. The molecule has 0 bridgehead atoms. The number of aromatic amines is 1. The molecule has 1 amide bonds. The summed E-state index contributed by atoms with van der Waals surface area (Å²) in [6.45, 7) is 1.95. The van der Waals surface area contributed by atoms with Gasteiger partial charge in [0.05, 0.1) is 18.2 Å². The fourth-order valence-electron chi connectivity index (χ4n) is 2.26. The number of amides is 1. The Morgan fingerprint density at radius 1 is 1.57 bits per heavy atom. The maximum Gasteiger partial charge on any atom is 0.328 e. The van der Waals surface area contributed by atoms with Gasteiger partial charge in [-0.2, -0.15) is 5.26 Å². The Labute approximate surface area is 121 Å². The molecule has 1 aromatic carbocycles. The van der Waals surface area contributed by atoms with Gasteiger partial charge in [-0.1, -0.05) is 6.07 Å². The number of aromatic nitrogens is 1. The van der Waals surface area contributed by atoms with E-state index in [-0.39, 0.29) is 13.0 Å². The van der Waals surface area contributed by atoms with Crippen molar-refractivity contribution in [2.45, 2.75) is 19.4 Å². The summed E-state index contributed by atoms with van der Waals surface area (Å²) in [5.41, 5.74) is 2.13. The van der Waals surface area contributed by atoms with Crippen molar-refractivity contribution in [1.82, 2.24) is 10.3 Å². The number of carbonyl (C=O) groups is 2. The normalized spacial score (nSPS) is 11.6. The molecule has 1 aromatic heterocycles. The molecule has 6 heteroatoms. The number of rotatable bonds is 6. The minimum atomic E-state index is -0.770. The van der Waals surface area contributed by atoms with Crippen LogP contribution in [0, 0.1) is 11.3 Å². The Morgan fingerprint density at radius 2 is 2.38 bits per heavy atom. The van der Waals surface area contributed by atoms with Gasteiger partial charge in [0.1, 0.15) is 6.04 Å². The van der Waals surface area contributed by atoms with Crippen molar-refractivity contribution in [2.75, 3.05) is 6.61 Å². The molecule has 0 aliphatic heterocycles. The fraction of sp³-hybridized carbons (Fsp3) is 0.267. The number of nitrogens with zero attached hydrogens (tertiary/aromatic N) is 1. The van der Waals surface area contributed by atoms with E-state index in [1.807, 2.05) is 6.07 Å². The third-order valence-corrected chi connectivity index (χ3v) is 3.17. The summed E-state index contributed by atoms with van der Waals surface area (Å²) in [4.78, 5) is 25.6. The molecule has 1 atom stereocenters. The summed E-state index contributed by atoms with van der Waals surface area (Å²) in [7, 11) is 0. The van der Waals surface area contributed by atoms with E-state index in [4.69, 9.17) is 4.74 Å². The molecular formula is C15H15N3O3. The minimum Gasteiger partial charge on any atom is -0.464 e. The lowest BCUT2D eigenvalue weighted by Crippen LogP contribution is -2.39. The molecule has 2 aromatic rings. The number of esters is 1. The molecule has 0 radical (unpaired) electrons. The van der Waals surface area contributed by atoms with E-state index in [2.05, 4.69) is 16.4 Å². The van der Waals surface area contributed by atoms with Gasteiger partial charge in [0, 0.05) is 23.5 Å². The first kappa shape index (κ1) is 14.6. The first-order valence-corrected chi connectivity index (χ1v) is 6.56. The van der Waals surface area contributed by atoms with Gasteiger partial charge in [0.15, 0.2) is 0 Å². The quantitative estimate of drug-likeness (QED) is 0.617. The number of H-pyrrole nitrogens is 1. The summed E-state index contributed by atoms with van der Waals surface area (Å²) < 4.78 is 4.94. The Bertz CT molecular complexity index is 700. The van der Waals surface area contributed by atoms with Crippen LogP contribution in [0.5, 0.6) is 0 Å². The van der Waals surface area contributed by atoms with Gasteiger partial charge in [-0.25, -0.2) is 4.79 Å². The Kier molecular flexibility index (Phi) is 4.57. The van der Waals surface area contributed by atoms with Crippen LogP contribution in [0.4, 0.5) is 0 Å². The summed E-state index contributed by atoms with van der Waals surface area (Å²) in [5, 5.41) is 12.4. The van der Waals surface area contributed by atoms with E-state index in [1.54, 1.807) is 25.3 Å². The smallest absolute Gasteiger partial charge is 0.328 e. The number of fused-ring (bicyclic) bond motifs is 1. The van der Waals surface area contributed by atoms with Crippen molar-refractivity contribution in [2.24, 2.45) is 0 Å². The molecular weight excluding hydrogens is 270 g/mol. The number of ether oxygens (including phenoxy) is 1. The van der Waals surface area contributed by atoms with Gasteiger partial charge in [0.25, 0.3) is 0 Å². The first-order valence-electron chi connectivity index (χ1n) is 6.56. The summed E-state index contributed by atoms with van der Waals surface area (Å²) >= 11 is 0. The van der Waals surface area contributed by atoms with E-state index in [9.17, 15) is 14.9 Å². The van der Waals surface area contributed by atoms with Crippen molar-refractivity contribution in [3.05, 3.63) is 35.5 Å². The van der Waals surface area contributed by atoms with Gasteiger partial charge < -0.3 is 15.0 Å². The molecule has 0 spiro atoms. The van der Waals surface area contributed by atoms with Crippen molar-refractivity contribution >= 4 is 23.3 Å². The van der Waals surface area contributed by atoms with Crippen LogP contribution in [0.15, 0.2) is 24.4 Å². The third-order valence-electron chi connectivity index (χ3n) is 3.17. The molecule has 21 heavy (non-hydrogen) atoms. The molecule has 1 heterocycles. The molecule has 6 nitrogen and oxygen atoms in total. The average Bonchev–Trinajstić information content (AvgIpc) is 2.90. The third kappa shape index (κ3) is 3.03. The number of carbonyl (C=O) groups excluding carboxylic acids is 2. The van der Waals surface area contributed by atoms with E-state index in [1.165, 1.54) is 0 Å². The number of hydrogen-bond donors (Lipinski definition) is 2. The van der Waals surface area contributed by atoms with Crippen molar-refractivity contribution < 1.29 is 14.3 Å². The highest BCUT2D eigenvalue weighted by atomic mass is 16.5. The predicted molar refractivity (Wildman–Crippen MR) is 76.3 cm³/mol. The SMILES string of the molecule is CCOC(=O)[C@H](Cc1c[nH]c2cccc(C#N)c12)NC=O. The van der Waals surface area contributed by atoms with Gasteiger partial charge in [0.2, 0.25) is 6.41 Å². The maximum absolute atomic E-state index is 11.8. The van der Waals surface area contributed by atoms with Crippen LogP contribution in [0.2, 0.25) is 0 Å². The minimum absolute atomic E-state index is 0.243. The molecule has 0 aliphatic rings. The van der Waals surface area contributed by atoms with Crippen LogP contribution in [0.1, 0.15) is 18.1 Å².